The lowest BCUT2D eigenvalue weighted by Gasteiger charge is -2.34. The fourth-order valence-corrected chi connectivity index (χ4v) is 5.13. The molecular formula is C18H30N2O2S. The SMILES string of the molecule is Cc1cc(C)c(S(=O)(=O)NCC2CCN(C(C)C)CC2)c(C)c1. The Bertz CT molecular complexity index is 622. The fraction of sp³-hybridized carbons (Fsp3) is 0.667. The number of nitrogens with one attached hydrogen (secondary N) is 1. The molecule has 1 aromatic rings. The number of aryl methyl sites for hydroxylation is 3. The molecule has 5 heteroatoms. The van der Waals surface area contributed by atoms with Gasteiger partial charge in [-0.05, 0) is 77.6 Å². The van der Waals surface area contributed by atoms with Crippen LogP contribution in [0.4, 0.5) is 0 Å². The Morgan fingerprint density at radius 3 is 2.13 bits per heavy atom. The number of likely N-dealkylation sites (tertiary alicyclic amines) is 1. The van der Waals surface area contributed by atoms with Crippen molar-refractivity contribution >= 4 is 10.0 Å². The monoisotopic (exact) mass is 338 g/mol. The number of nitrogens with zero attached hydrogens (tertiary/aromatic N) is 1. The van der Waals surface area contributed by atoms with Gasteiger partial charge in [0.25, 0.3) is 0 Å². The highest BCUT2D eigenvalue weighted by Gasteiger charge is 2.24. The van der Waals surface area contributed by atoms with Gasteiger partial charge >= 0.3 is 0 Å². The zero-order valence-electron chi connectivity index (χ0n) is 15.0. The Balaban J connectivity index is 2.01. The van der Waals surface area contributed by atoms with Crippen molar-refractivity contribution in [3.63, 3.8) is 0 Å². The van der Waals surface area contributed by atoms with E-state index in [0.29, 0.717) is 23.4 Å². The quantitative estimate of drug-likeness (QED) is 0.898. The summed E-state index contributed by atoms with van der Waals surface area (Å²) in [6.07, 6.45) is 2.12. The number of hydrogen-bond donors (Lipinski definition) is 1. The molecule has 0 saturated carbocycles. The molecule has 23 heavy (non-hydrogen) atoms. The van der Waals surface area contributed by atoms with Gasteiger partial charge in [-0.2, -0.15) is 0 Å². The Hall–Kier alpha value is -0.910. The summed E-state index contributed by atoms with van der Waals surface area (Å²) in [5, 5.41) is 0. The van der Waals surface area contributed by atoms with E-state index < -0.39 is 10.0 Å². The van der Waals surface area contributed by atoms with E-state index in [9.17, 15) is 8.42 Å². The largest absolute Gasteiger partial charge is 0.301 e. The molecule has 1 aromatic carbocycles. The zero-order valence-corrected chi connectivity index (χ0v) is 15.8. The molecule has 0 radical (unpaired) electrons. The first-order valence-electron chi connectivity index (χ1n) is 8.52. The minimum absolute atomic E-state index is 0.436. The fourth-order valence-electron chi connectivity index (χ4n) is 3.56. The third-order valence-corrected chi connectivity index (χ3v) is 6.54. The summed E-state index contributed by atoms with van der Waals surface area (Å²) in [5.74, 6) is 0.436. The van der Waals surface area contributed by atoms with Crippen LogP contribution in [0.3, 0.4) is 0 Å². The normalized spacial score (nSPS) is 17.8. The van der Waals surface area contributed by atoms with Gasteiger partial charge in [0.2, 0.25) is 10.0 Å². The van der Waals surface area contributed by atoms with Crippen molar-refractivity contribution in [3.05, 3.63) is 28.8 Å². The summed E-state index contributed by atoms with van der Waals surface area (Å²) in [7, 11) is -3.43. The summed E-state index contributed by atoms with van der Waals surface area (Å²) in [5.41, 5.74) is 2.74. The average molecular weight is 339 g/mol. The molecule has 0 bridgehead atoms. The van der Waals surface area contributed by atoms with Crippen molar-refractivity contribution in [2.24, 2.45) is 5.92 Å². The third kappa shape index (κ3) is 4.55. The highest BCUT2D eigenvalue weighted by atomic mass is 32.2. The van der Waals surface area contributed by atoms with Crippen LogP contribution in [0.2, 0.25) is 0 Å². The molecule has 0 unspecified atom stereocenters. The Morgan fingerprint density at radius 2 is 1.65 bits per heavy atom. The predicted molar refractivity (Wildman–Crippen MR) is 95.3 cm³/mol. The Labute approximate surface area is 141 Å². The van der Waals surface area contributed by atoms with Crippen molar-refractivity contribution in [2.45, 2.75) is 58.4 Å². The second-order valence-electron chi connectivity index (χ2n) is 7.15. The maximum Gasteiger partial charge on any atom is 0.241 e. The van der Waals surface area contributed by atoms with Crippen molar-refractivity contribution in [3.8, 4) is 0 Å². The van der Waals surface area contributed by atoms with Crippen LogP contribution in [0.15, 0.2) is 17.0 Å². The van der Waals surface area contributed by atoms with Crippen LogP contribution in [-0.4, -0.2) is 39.0 Å². The summed E-state index contributed by atoms with van der Waals surface area (Å²) in [6.45, 7) is 12.8. The lowest BCUT2D eigenvalue weighted by molar-refractivity contribution is 0.150. The molecule has 1 aliphatic heterocycles. The van der Waals surface area contributed by atoms with Gasteiger partial charge in [0.05, 0.1) is 4.90 Å². The van der Waals surface area contributed by atoms with Crippen molar-refractivity contribution in [1.29, 1.82) is 0 Å². The molecule has 1 saturated heterocycles. The summed E-state index contributed by atoms with van der Waals surface area (Å²) in [4.78, 5) is 2.90. The van der Waals surface area contributed by atoms with Gasteiger partial charge in [-0.15, -0.1) is 0 Å². The van der Waals surface area contributed by atoms with Gasteiger partial charge in [0.15, 0.2) is 0 Å². The zero-order chi connectivity index (χ0) is 17.2. The lowest BCUT2D eigenvalue weighted by atomic mass is 9.96. The highest BCUT2D eigenvalue weighted by molar-refractivity contribution is 7.89. The first-order valence-corrected chi connectivity index (χ1v) is 10.0. The van der Waals surface area contributed by atoms with E-state index in [1.807, 2.05) is 32.9 Å². The van der Waals surface area contributed by atoms with E-state index in [-0.39, 0.29) is 0 Å². The minimum atomic E-state index is -3.43. The third-order valence-electron chi connectivity index (χ3n) is 4.81. The van der Waals surface area contributed by atoms with Crippen LogP contribution in [-0.2, 0) is 10.0 Å². The van der Waals surface area contributed by atoms with Gasteiger partial charge in [0, 0.05) is 12.6 Å². The number of hydrogen-bond acceptors (Lipinski definition) is 3. The van der Waals surface area contributed by atoms with E-state index in [4.69, 9.17) is 0 Å². The molecule has 2 rings (SSSR count). The first kappa shape index (κ1) is 18.4. The summed E-state index contributed by atoms with van der Waals surface area (Å²) >= 11 is 0. The van der Waals surface area contributed by atoms with E-state index >= 15 is 0 Å². The molecule has 1 N–H and O–H groups in total. The number of piperidine rings is 1. The molecule has 0 atom stereocenters. The lowest BCUT2D eigenvalue weighted by Crippen LogP contribution is -2.41. The van der Waals surface area contributed by atoms with Crippen LogP contribution < -0.4 is 4.72 Å². The van der Waals surface area contributed by atoms with Crippen molar-refractivity contribution < 1.29 is 8.42 Å². The van der Waals surface area contributed by atoms with Crippen LogP contribution in [0.1, 0.15) is 43.4 Å². The van der Waals surface area contributed by atoms with E-state index in [1.165, 1.54) is 0 Å². The minimum Gasteiger partial charge on any atom is -0.301 e. The number of rotatable bonds is 5. The maximum atomic E-state index is 12.7. The van der Waals surface area contributed by atoms with E-state index in [2.05, 4.69) is 23.5 Å². The molecular weight excluding hydrogens is 308 g/mol. The first-order chi connectivity index (χ1) is 10.7. The smallest absolute Gasteiger partial charge is 0.241 e. The van der Waals surface area contributed by atoms with Gasteiger partial charge < -0.3 is 4.90 Å². The van der Waals surface area contributed by atoms with Gasteiger partial charge in [-0.1, -0.05) is 17.7 Å². The van der Waals surface area contributed by atoms with Crippen LogP contribution in [0.25, 0.3) is 0 Å². The van der Waals surface area contributed by atoms with Crippen LogP contribution in [0, 0.1) is 26.7 Å². The highest BCUT2D eigenvalue weighted by Crippen LogP contribution is 2.23. The standard InChI is InChI=1S/C18H30N2O2S/c1-13(2)20-8-6-17(7-9-20)12-19-23(21,22)18-15(4)10-14(3)11-16(18)5/h10-11,13,17,19H,6-9,12H2,1-5H3. The van der Waals surface area contributed by atoms with Gasteiger partial charge in [-0.3, -0.25) is 0 Å². The molecule has 0 amide bonds. The van der Waals surface area contributed by atoms with Crippen molar-refractivity contribution in [2.75, 3.05) is 19.6 Å². The molecule has 1 fully saturated rings. The molecule has 130 valence electrons. The summed E-state index contributed by atoms with van der Waals surface area (Å²) in [6, 6.07) is 4.44. The van der Waals surface area contributed by atoms with Gasteiger partial charge in [0.1, 0.15) is 0 Å². The Kier molecular flexibility index (Phi) is 5.87. The van der Waals surface area contributed by atoms with E-state index in [0.717, 1.165) is 42.6 Å². The molecule has 0 aliphatic carbocycles. The molecule has 0 spiro atoms. The molecule has 1 aliphatic rings. The predicted octanol–water partition coefficient (Wildman–Crippen LogP) is 3.01. The van der Waals surface area contributed by atoms with Crippen LogP contribution >= 0.6 is 0 Å². The number of benzene rings is 1. The Morgan fingerprint density at radius 1 is 1.13 bits per heavy atom. The topological polar surface area (TPSA) is 49.4 Å². The van der Waals surface area contributed by atoms with Crippen molar-refractivity contribution in [1.82, 2.24) is 9.62 Å². The second-order valence-corrected chi connectivity index (χ2v) is 8.86. The maximum absolute atomic E-state index is 12.7. The number of sulfonamides is 1. The average Bonchev–Trinajstić information content (AvgIpc) is 2.44. The molecule has 1 heterocycles. The van der Waals surface area contributed by atoms with Gasteiger partial charge in [-0.25, -0.2) is 13.1 Å². The van der Waals surface area contributed by atoms with Crippen LogP contribution in [0.5, 0.6) is 0 Å². The summed E-state index contributed by atoms with van der Waals surface area (Å²) < 4.78 is 28.2. The van der Waals surface area contributed by atoms with E-state index in [1.54, 1.807) is 0 Å². The second kappa shape index (κ2) is 7.32. The molecule has 0 aromatic heterocycles. The molecule has 4 nitrogen and oxygen atoms in total.